The van der Waals surface area contributed by atoms with Crippen LogP contribution in [0.25, 0.3) is 0 Å². The van der Waals surface area contributed by atoms with Gasteiger partial charge in [-0.25, -0.2) is 0 Å². The molecule has 0 aliphatic rings. The lowest BCUT2D eigenvalue weighted by Crippen LogP contribution is -2.22. The molecule has 0 saturated heterocycles. The largest absolute Gasteiger partial charge is 0.490 e. The number of rotatable bonds is 8. The Bertz CT molecular complexity index is 289. The van der Waals surface area contributed by atoms with Gasteiger partial charge in [-0.2, -0.15) is 0 Å². The Hall–Kier alpha value is -1.09. The summed E-state index contributed by atoms with van der Waals surface area (Å²) in [5, 5.41) is 3.36. The number of aryl methyl sites for hydroxylation is 1. The minimum atomic E-state index is 0.707. The lowest BCUT2D eigenvalue weighted by molar-refractivity contribution is 0.310. The molecular formula is C13H22N2O. The highest BCUT2D eigenvalue weighted by molar-refractivity contribution is 5.25. The van der Waals surface area contributed by atoms with Crippen molar-refractivity contribution in [3.05, 3.63) is 24.0 Å². The summed E-state index contributed by atoms with van der Waals surface area (Å²) in [6.45, 7) is 6.87. The highest BCUT2D eigenvalue weighted by Crippen LogP contribution is 2.12. The van der Waals surface area contributed by atoms with Crippen molar-refractivity contribution in [2.24, 2.45) is 0 Å². The first-order valence-corrected chi connectivity index (χ1v) is 6.09. The van der Waals surface area contributed by atoms with E-state index in [2.05, 4.69) is 17.2 Å². The van der Waals surface area contributed by atoms with E-state index < -0.39 is 0 Å². The van der Waals surface area contributed by atoms with Gasteiger partial charge in [0, 0.05) is 12.7 Å². The summed E-state index contributed by atoms with van der Waals surface area (Å²) < 4.78 is 5.62. The van der Waals surface area contributed by atoms with E-state index in [4.69, 9.17) is 4.74 Å². The van der Waals surface area contributed by atoms with Crippen molar-refractivity contribution < 1.29 is 4.74 Å². The molecule has 0 aliphatic heterocycles. The molecular weight excluding hydrogens is 200 g/mol. The molecule has 0 amide bonds. The van der Waals surface area contributed by atoms with E-state index in [-0.39, 0.29) is 0 Å². The number of unbranched alkanes of at least 4 members (excludes halogenated alkanes) is 2. The number of ether oxygens (including phenoxy) is 1. The van der Waals surface area contributed by atoms with Crippen LogP contribution in [0.1, 0.15) is 31.9 Å². The van der Waals surface area contributed by atoms with Crippen molar-refractivity contribution in [2.45, 2.75) is 33.1 Å². The van der Waals surface area contributed by atoms with Gasteiger partial charge in [0.25, 0.3) is 0 Å². The Balaban J connectivity index is 2.05. The molecule has 3 nitrogen and oxygen atoms in total. The summed E-state index contributed by atoms with van der Waals surface area (Å²) in [5.41, 5.74) is 0.952. The van der Waals surface area contributed by atoms with Crippen molar-refractivity contribution in [2.75, 3.05) is 19.7 Å². The SMILES string of the molecule is CCCCCNCCOc1cccnc1C. The molecule has 0 unspecified atom stereocenters. The maximum absolute atomic E-state index is 5.62. The van der Waals surface area contributed by atoms with Gasteiger partial charge < -0.3 is 10.1 Å². The van der Waals surface area contributed by atoms with Gasteiger partial charge in [0.1, 0.15) is 12.4 Å². The third-order valence-corrected chi connectivity index (χ3v) is 2.45. The van der Waals surface area contributed by atoms with Gasteiger partial charge in [-0.15, -0.1) is 0 Å². The van der Waals surface area contributed by atoms with Gasteiger partial charge in [0.2, 0.25) is 0 Å². The summed E-state index contributed by atoms with van der Waals surface area (Å²) in [6, 6.07) is 3.86. The van der Waals surface area contributed by atoms with E-state index in [1.807, 2.05) is 19.1 Å². The van der Waals surface area contributed by atoms with Crippen molar-refractivity contribution in [1.29, 1.82) is 0 Å². The molecule has 0 atom stereocenters. The molecule has 3 heteroatoms. The van der Waals surface area contributed by atoms with Crippen molar-refractivity contribution >= 4 is 0 Å². The maximum atomic E-state index is 5.62. The van der Waals surface area contributed by atoms with Crippen LogP contribution in [0.2, 0.25) is 0 Å². The molecule has 90 valence electrons. The van der Waals surface area contributed by atoms with Crippen molar-refractivity contribution in [3.8, 4) is 5.75 Å². The van der Waals surface area contributed by atoms with Gasteiger partial charge in [0.15, 0.2) is 0 Å². The fourth-order valence-corrected chi connectivity index (χ4v) is 1.48. The molecule has 0 aliphatic carbocycles. The molecule has 0 fully saturated rings. The van der Waals surface area contributed by atoms with Crippen molar-refractivity contribution in [1.82, 2.24) is 10.3 Å². The lowest BCUT2D eigenvalue weighted by Gasteiger charge is -2.08. The maximum Gasteiger partial charge on any atom is 0.140 e. The predicted molar refractivity (Wildman–Crippen MR) is 66.9 cm³/mol. The molecule has 0 aromatic carbocycles. The van der Waals surface area contributed by atoms with Gasteiger partial charge in [-0.05, 0) is 32.0 Å². The molecule has 0 saturated carbocycles. The van der Waals surface area contributed by atoms with Crippen LogP contribution in [-0.2, 0) is 0 Å². The van der Waals surface area contributed by atoms with Crippen LogP contribution in [0.4, 0.5) is 0 Å². The smallest absolute Gasteiger partial charge is 0.140 e. The zero-order valence-electron chi connectivity index (χ0n) is 10.3. The topological polar surface area (TPSA) is 34.1 Å². The molecule has 0 radical (unpaired) electrons. The van der Waals surface area contributed by atoms with Crippen LogP contribution in [0.3, 0.4) is 0 Å². The second-order valence-corrected chi connectivity index (χ2v) is 3.89. The van der Waals surface area contributed by atoms with E-state index >= 15 is 0 Å². The monoisotopic (exact) mass is 222 g/mol. The summed E-state index contributed by atoms with van der Waals surface area (Å²) in [7, 11) is 0. The summed E-state index contributed by atoms with van der Waals surface area (Å²) in [6.07, 6.45) is 5.61. The lowest BCUT2D eigenvalue weighted by atomic mass is 10.2. The van der Waals surface area contributed by atoms with Crippen LogP contribution >= 0.6 is 0 Å². The van der Waals surface area contributed by atoms with Crippen LogP contribution in [0.5, 0.6) is 5.75 Å². The van der Waals surface area contributed by atoms with Crippen LogP contribution in [0, 0.1) is 6.92 Å². The van der Waals surface area contributed by atoms with E-state index in [1.165, 1.54) is 19.3 Å². The molecule has 0 spiro atoms. The molecule has 1 N–H and O–H groups in total. The minimum Gasteiger partial charge on any atom is -0.490 e. The summed E-state index contributed by atoms with van der Waals surface area (Å²) in [5.74, 6) is 0.887. The number of pyridine rings is 1. The minimum absolute atomic E-state index is 0.707. The third-order valence-electron chi connectivity index (χ3n) is 2.45. The number of nitrogens with one attached hydrogen (secondary N) is 1. The first-order valence-electron chi connectivity index (χ1n) is 6.09. The Labute approximate surface area is 98.2 Å². The van der Waals surface area contributed by atoms with Crippen LogP contribution < -0.4 is 10.1 Å². The van der Waals surface area contributed by atoms with Crippen LogP contribution in [0.15, 0.2) is 18.3 Å². The van der Waals surface area contributed by atoms with E-state index in [1.54, 1.807) is 6.20 Å². The second kappa shape index (κ2) is 8.11. The molecule has 1 rings (SSSR count). The quantitative estimate of drug-likeness (QED) is 0.686. The van der Waals surface area contributed by atoms with Gasteiger partial charge in [0.05, 0.1) is 5.69 Å². The zero-order chi connectivity index (χ0) is 11.6. The number of aromatic nitrogens is 1. The average molecular weight is 222 g/mol. The standard InChI is InChI=1S/C13H22N2O/c1-3-4-5-8-14-10-11-16-13-7-6-9-15-12(13)2/h6-7,9,14H,3-5,8,10-11H2,1-2H3. The third kappa shape index (κ3) is 5.12. The highest BCUT2D eigenvalue weighted by Gasteiger charge is 1.97. The fourth-order valence-electron chi connectivity index (χ4n) is 1.48. The Kier molecular flexibility index (Phi) is 6.58. The molecule has 1 aromatic heterocycles. The molecule has 1 aromatic rings. The highest BCUT2D eigenvalue weighted by atomic mass is 16.5. The Morgan fingerprint density at radius 1 is 1.31 bits per heavy atom. The molecule has 0 bridgehead atoms. The first kappa shape index (κ1) is 13.0. The molecule has 16 heavy (non-hydrogen) atoms. The van der Waals surface area contributed by atoms with Crippen LogP contribution in [-0.4, -0.2) is 24.7 Å². The number of hydrogen-bond donors (Lipinski definition) is 1. The zero-order valence-corrected chi connectivity index (χ0v) is 10.3. The average Bonchev–Trinajstić information content (AvgIpc) is 2.30. The summed E-state index contributed by atoms with van der Waals surface area (Å²) >= 11 is 0. The summed E-state index contributed by atoms with van der Waals surface area (Å²) in [4.78, 5) is 4.17. The Morgan fingerprint density at radius 2 is 2.19 bits per heavy atom. The normalized spacial score (nSPS) is 10.4. The van der Waals surface area contributed by atoms with Gasteiger partial charge in [-0.1, -0.05) is 19.8 Å². The Morgan fingerprint density at radius 3 is 2.94 bits per heavy atom. The first-order chi connectivity index (χ1) is 7.84. The van der Waals surface area contributed by atoms with E-state index in [9.17, 15) is 0 Å². The molecule has 1 heterocycles. The fraction of sp³-hybridized carbons (Fsp3) is 0.615. The van der Waals surface area contributed by atoms with Crippen molar-refractivity contribution in [3.63, 3.8) is 0 Å². The van der Waals surface area contributed by atoms with E-state index in [0.29, 0.717) is 6.61 Å². The predicted octanol–water partition coefficient (Wildman–Crippen LogP) is 2.55. The number of hydrogen-bond acceptors (Lipinski definition) is 3. The van der Waals surface area contributed by atoms with E-state index in [0.717, 1.165) is 24.5 Å². The second-order valence-electron chi connectivity index (χ2n) is 3.89. The number of nitrogens with zero attached hydrogens (tertiary/aromatic N) is 1. The van der Waals surface area contributed by atoms with Gasteiger partial charge in [-0.3, -0.25) is 4.98 Å². The van der Waals surface area contributed by atoms with Gasteiger partial charge >= 0.3 is 0 Å².